The van der Waals surface area contributed by atoms with Gasteiger partial charge in [0.2, 0.25) is 5.91 Å². The number of aromatic amines is 1. The van der Waals surface area contributed by atoms with E-state index in [2.05, 4.69) is 10.3 Å². The Labute approximate surface area is 251 Å². The third-order valence-electron chi connectivity index (χ3n) is 6.70. The highest BCUT2D eigenvalue weighted by atomic mass is 32.1. The molecule has 0 radical (unpaired) electrons. The third-order valence-corrected chi connectivity index (χ3v) is 7.90. The van der Waals surface area contributed by atoms with E-state index < -0.39 is 17.2 Å². The first-order valence-corrected chi connectivity index (χ1v) is 14.3. The van der Waals surface area contributed by atoms with Gasteiger partial charge >= 0.3 is 11.7 Å². The van der Waals surface area contributed by atoms with Crippen LogP contribution < -0.4 is 27.0 Å². The average Bonchev–Trinajstić information content (AvgIpc) is 3.70. The second-order valence-electron chi connectivity index (χ2n) is 9.60. The molecule has 0 aliphatic heterocycles. The molecule has 3 aromatic heterocycles. The van der Waals surface area contributed by atoms with Crippen LogP contribution in [0.4, 0.5) is 0 Å². The summed E-state index contributed by atoms with van der Waals surface area (Å²) < 4.78 is 7.27. The summed E-state index contributed by atoms with van der Waals surface area (Å²) in [4.78, 5) is 52.3. The van der Waals surface area contributed by atoms with Crippen molar-refractivity contribution >= 4 is 33.4 Å². The molecule has 2 aromatic carbocycles. The lowest BCUT2D eigenvalue weighted by Crippen LogP contribution is -2.41. The number of nitrogens with two attached hydrogens (primary N) is 1. The van der Waals surface area contributed by atoms with Gasteiger partial charge in [0, 0.05) is 44.5 Å². The molecule has 0 saturated carbocycles. The van der Waals surface area contributed by atoms with Crippen molar-refractivity contribution in [2.45, 2.75) is 25.9 Å². The molecule has 224 valence electrons. The Bertz CT molecular complexity index is 1820. The number of fused-ring (bicyclic) bond motifs is 1. The summed E-state index contributed by atoms with van der Waals surface area (Å²) in [5.41, 5.74) is 8.38. The van der Waals surface area contributed by atoms with E-state index in [1.807, 2.05) is 66.7 Å². The number of carboxylic acid groups (broad SMARTS) is 1. The first-order chi connectivity index (χ1) is 20.7. The van der Waals surface area contributed by atoms with Gasteiger partial charge in [0.25, 0.3) is 5.56 Å². The normalized spacial score (nSPS) is 10.7. The standard InChI is InChI=1S/C23H22N4O5S.C8H11NO/c1-26-21-16(13-18(33-21)22(30)31)20(29)27(23(26)32)12-11-24-19(28)10-8-15-7-9-17(25-15)14-5-3-2-4-6-14;1-10-8-4-2-3-7(5-8)6-9/h2-7,9,13,25H,8,10-12H2,1H3,(H,24,28)(H,30,31);2-5H,6,9H2,1H3. The van der Waals surface area contributed by atoms with E-state index in [0.29, 0.717) is 17.8 Å². The smallest absolute Gasteiger partial charge is 0.345 e. The van der Waals surface area contributed by atoms with Crippen molar-refractivity contribution in [3.05, 3.63) is 110 Å². The van der Waals surface area contributed by atoms with Crippen molar-refractivity contribution in [1.29, 1.82) is 0 Å². The number of hydrogen-bond acceptors (Lipinski definition) is 7. The van der Waals surface area contributed by atoms with Crippen molar-refractivity contribution < 1.29 is 19.4 Å². The van der Waals surface area contributed by atoms with Crippen LogP contribution in [0.25, 0.3) is 21.5 Å². The highest BCUT2D eigenvalue weighted by Gasteiger charge is 2.17. The van der Waals surface area contributed by atoms with E-state index >= 15 is 0 Å². The minimum absolute atomic E-state index is 0.00784. The number of ether oxygens (including phenoxy) is 1. The number of aromatic nitrogens is 3. The number of carboxylic acids is 1. The summed E-state index contributed by atoms with van der Waals surface area (Å²) in [6, 6.07) is 22.8. The highest BCUT2D eigenvalue weighted by Crippen LogP contribution is 2.21. The number of methoxy groups -OCH3 is 1. The van der Waals surface area contributed by atoms with E-state index in [1.165, 1.54) is 17.7 Å². The van der Waals surface area contributed by atoms with Crippen LogP contribution >= 0.6 is 11.3 Å². The van der Waals surface area contributed by atoms with E-state index in [0.717, 1.165) is 44.2 Å². The number of H-pyrrole nitrogens is 1. The van der Waals surface area contributed by atoms with E-state index in [4.69, 9.17) is 15.6 Å². The van der Waals surface area contributed by atoms with Crippen LogP contribution in [0.15, 0.2) is 82.4 Å². The van der Waals surface area contributed by atoms with Crippen LogP contribution in [0.1, 0.15) is 27.3 Å². The van der Waals surface area contributed by atoms with E-state index in [1.54, 1.807) is 7.11 Å². The largest absolute Gasteiger partial charge is 0.497 e. The van der Waals surface area contributed by atoms with Gasteiger partial charge in [-0.25, -0.2) is 9.59 Å². The third kappa shape index (κ3) is 7.67. The fourth-order valence-electron chi connectivity index (χ4n) is 4.40. The van der Waals surface area contributed by atoms with Gasteiger partial charge in [-0.3, -0.25) is 18.7 Å². The molecule has 5 N–H and O–H groups in total. The van der Waals surface area contributed by atoms with Gasteiger partial charge in [-0.1, -0.05) is 42.5 Å². The molecule has 5 aromatic rings. The monoisotopic (exact) mass is 603 g/mol. The summed E-state index contributed by atoms with van der Waals surface area (Å²) in [7, 11) is 3.14. The molecular weight excluding hydrogens is 570 g/mol. The number of carbonyl (C=O) groups is 2. The van der Waals surface area contributed by atoms with Crippen molar-refractivity contribution in [2.24, 2.45) is 12.8 Å². The van der Waals surface area contributed by atoms with Gasteiger partial charge in [0.15, 0.2) is 0 Å². The summed E-state index contributed by atoms with van der Waals surface area (Å²) in [6.45, 7) is 0.665. The molecule has 3 heterocycles. The number of hydrogen-bond donors (Lipinski definition) is 4. The van der Waals surface area contributed by atoms with Crippen LogP contribution in [-0.4, -0.2) is 44.8 Å². The fourth-order valence-corrected chi connectivity index (χ4v) is 5.35. The lowest BCUT2D eigenvalue weighted by Gasteiger charge is -2.09. The number of aromatic carboxylic acids is 1. The van der Waals surface area contributed by atoms with Crippen LogP contribution in [0, 0.1) is 0 Å². The number of carbonyl (C=O) groups excluding carboxylic acids is 1. The fraction of sp³-hybridized carbons (Fsp3) is 0.226. The van der Waals surface area contributed by atoms with Gasteiger partial charge in [-0.05, 0) is 47.9 Å². The van der Waals surface area contributed by atoms with Crippen molar-refractivity contribution in [3.8, 4) is 17.0 Å². The SMILES string of the molecule is COc1cccc(CN)c1.Cn1c(=O)n(CCNC(=O)CCc2ccc(-c3ccccc3)[nH]2)c(=O)c2cc(C(=O)O)sc21. The van der Waals surface area contributed by atoms with Gasteiger partial charge < -0.3 is 25.9 Å². The van der Waals surface area contributed by atoms with E-state index in [-0.39, 0.29) is 35.7 Å². The maximum absolute atomic E-state index is 12.7. The lowest BCUT2D eigenvalue weighted by molar-refractivity contribution is -0.121. The van der Waals surface area contributed by atoms with Crippen molar-refractivity contribution in [1.82, 2.24) is 19.4 Å². The summed E-state index contributed by atoms with van der Waals surface area (Å²) in [5.74, 6) is -0.483. The molecular formula is C31H33N5O6S. The molecule has 0 bridgehead atoms. The summed E-state index contributed by atoms with van der Waals surface area (Å²) in [5, 5.41) is 12.1. The minimum atomic E-state index is -1.15. The molecule has 0 saturated heterocycles. The number of nitrogens with one attached hydrogen (secondary N) is 2. The summed E-state index contributed by atoms with van der Waals surface area (Å²) >= 11 is 0.880. The number of aryl methyl sites for hydroxylation is 2. The average molecular weight is 604 g/mol. The molecule has 0 spiro atoms. The highest BCUT2D eigenvalue weighted by molar-refractivity contribution is 7.20. The zero-order valence-electron chi connectivity index (χ0n) is 23.8. The molecule has 43 heavy (non-hydrogen) atoms. The van der Waals surface area contributed by atoms with Gasteiger partial charge in [-0.2, -0.15) is 0 Å². The van der Waals surface area contributed by atoms with Crippen LogP contribution in [0.2, 0.25) is 0 Å². The first kappa shape index (κ1) is 31.0. The van der Waals surface area contributed by atoms with Gasteiger partial charge in [0.05, 0.1) is 12.5 Å². The predicted molar refractivity (Wildman–Crippen MR) is 167 cm³/mol. The minimum Gasteiger partial charge on any atom is -0.497 e. The maximum Gasteiger partial charge on any atom is 0.345 e. The molecule has 0 unspecified atom stereocenters. The molecule has 0 aliphatic rings. The molecule has 5 rings (SSSR count). The Morgan fingerprint density at radius 1 is 1.05 bits per heavy atom. The Morgan fingerprint density at radius 2 is 1.81 bits per heavy atom. The molecule has 1 amide bonds. The number of nitrogens with zero attached hydrogens (tertiary/aromatic N) is 2. The summed E-state index contributed by atoms with van der Waals surface area (Å²) in [6.07, 6.45) is 0.784. The number of rotatable bonds is 10. The van der Waals surface area contributed by atoms with Gasteiger partial charge in [0.1, 0.15) is 15.5 Å². The first-order valence-electron chi connectivity index (χ1n) is 13.5. The number of benzene rings is 2. The van der Waals surface area contributed by atoms with Crippen LogP contribution in [0.5, 0.6) is 5.75 Å². The van der Waals surface area contributed by atoms with Crippen molar-refractivity contribution in [3.63, 3.8) is 0 Å². The second kappa shape index (κ2) is 14.3. The zero-order chi connectivity index (χ0) is 30.9. The number of thiophene rings is 1. The topological polar surface area (TPSA) is 161 Å². The molecule has 0 aliphatic carbocycles. The Kier molecular flexibility index (Phi) is 10.3. The zero-order valence-corrected chi connectivity index (χ0v) is 24.6. The molecule has 0 fully saturated rings. The Morgan fingerprint density at radius 3 is 2.51 bits per heavy atom. The lowest BCUT2D eigenvalue weighted by atomic mass is 10.2. The van der Waals surface area contributed by atoms with Crippen LogP contribution in [-0.2, 0) is 31.4 Å². The molecule has 12 heteroatoms. The molecule has 11 nitrogen and oxygen atoms in total. The maximum atomic E-state index is 12.7. The molecule has 0 atom stereocenters. The Balaban J connectivity index is 0.000000359. The van der Waals surface area contributed by atoms with Crippen LogP contribution in [0.3, 0.4) is 0 Å². The van der Waals surface area contributed by atoms with Crippen molar-refractivity contribution in [2.75, 3.05) is 13.7 Å². The predicted octanol–water partition coefficient (Wildman–Crippen LogP) is 3.36. The second-order valence-corrected chi connectivity index (χ2v) is 10.6. The van der Waals surface area contributed by atoms with Gasteiger partial charge in [-0.15, -0.1) is 11.3 Å². The number of amides is 1. The Hall–Kier alpha value is -4.94. The van der Waals surface area contributed by atoms with E-state index in [9.17, 15) is 19.2 Å². The quantitative estimate of drug-likeness (QED) is 0.190.